The van der Waals surface area contributed by atoms with E-state index >= 15 is 0 Å². The van der Waals surface area contributed by atoms with Gasteiger partial charge in [0.1, 0.15) is 0 Å². The summed E-state index contributed by atoms with van der Waals surface area (Å²) in [5, 5.41) is 3.64. The van der Waals surface area contributed by atoms with Gasteiger partial charge in [-0.2, -0.15) is 0 Å². The summed E-state index contributed by atoms with van der Waals surface area (Å²) >= 11 is 0. The lowest BCUT2D eigenvalue weighted by Gasteiger charge is -2.21. The van der Waals surface area contributed by atoms with Crippen LogP contribution < -0.4 is 10.2 Å². The lowest BCUT2D eigenvalue weighted by molar-refractivity contribution is 0.457. The standard InChI is InChI=1S/C19H32N2/c1-7-21(8-2)16-11-9-15(10-12-16)13-20-14-17-18(3,4)19(17,5)6/h9-12,17,20H,7-8,13-14H2,1-6H3. The average Bonchev–Trinajstić information content (AvgIpc) is 2.84. The van der Waals surface area contributed by atoms with Crippen molar-refractivity contribution in [3.05, 3.63) is 29.8 Å². The molecule has 0 heterocycles. The van der Waals surface area contributed by atoms with Crippen molar-refractivity contribution >= 4 is 5.69 Å². The highest BCUT2D eigenvalue weighted by Gasteiger charge is 2.63. The number of nitrogens with zero attached hydrogens (tertiary/aromatic N) is 1. The van der Waals surface area contributed by atoms with Gasteiger partial charge in [0.25, 0.3) is 0 Å². The zero-order valence-corrected chi connectivity index (χ0v) is 14.7. The maximum absolute atomic E-state index is 3.64. The zero-order valence-electron chi connectivity index (χ0n) is 14.7. The minimum atomic E-state index is 0.479. The van der Waals surface area contributed by atoms with Gasteiger partial charge in [0, 0.05) is 25.3 Å². The molecule has 1 fully saturated rings. The summed E-state index contributed by atoms with van der Waals surface area (Å²) in [5.74, 6) is 0.792. The molecule has 21 heavy (non-hydrogen) atoms. The Labute approximate surface area is 130 Å². The molecule has 0 spiro atoms. The Kier molecular flexibility index (Phi) is 4.67. The van der Waals surface area contributed by atoms with Gasteiger partial charge in [-0.15, -0.1) is 0 Å². The third-order valence-electron chi connectivity index (χ3n) is 6.06. The molecule has 0 amide bonds. The van der Waals surface area contributed by atoms with E-state index in [2.05, 4.69) is 76.0 Å². The first-order valence-corrected chi connectivity index (χ1v) is 8.39. The van der Waals surface area contributed by atoms with Crippen LogP contribution in [-0.2, 0) is 6.54 Å². The largest absolute Gasteiger partial charge is 0.372 e. The molecule has 1 saturated carbocycles. The number of anilines is 1. The second-order valence-corrected chi connectivity index (χ2v) is 7.47. The van der Waals surface area contributed by atoms with Crippen LogP contribution in [0.3, 0.4) is 0 Å². The fourth-order valence-electron chi connectivity index (χ4n) is 3.62. The molecular weight excluding hydrogens is 256 g/mol. The Bertz CT molecular complexity index is 441. The van der Waals surface area contributed by atoms with Crippen LogP contribution in [0.25, 0.3) is 0 Å². The van der Waals surface area contributed by atoms with Crippen molar-refractivity contribution in [1.29, 1.82) is 0 Å². The van der Waals surface area contributed by atoms with Crippen LogP contribution in [0.1, 0.15) is 47.1 Å². The van der Waals surface area contributed by atoms with Crippen LogP contribution in [-0.4, -0.2) is 19.6 Å². The molecule has 118 valence electrons. The van der Waals surface area contributed by atoms with Crippen molar-refractivity contribution in [2.45, 2.75) is 48.1 Å². The van der Waals surface area contributed by atoms with E-state index in [1.54, 1.807) is 0 Å². The van der Waals surface area contributed by atoms with Crippen molar-refractivity contribution in [2.24, 2.45) is 16.7 Å². The van der Waals surface area contributed by atoms with Crippen molar-refractivity contribution in [3.8, 4) is 0 Å². The number of hydrogen-bond donors (Lipinski definition) is 1. The summed E-state index contributed by atoms with van der Waals surface area (Å²) in [6.45, 7) is 18.2. The third-order valence-corrected chi connectivity index (χ3v) is 6.06. The van der Waals surface area contributed by atoms with Crippen LogP contribution in [0.5, 0.6) is 0 Å². The van der Waals surface area contributed by atoms with Crippen LogP contribution >= 0.6 is 0 Å². The molecular formula is C19H32N2. The zero-order chi connectivity index (χ0) is 15.7. The Hall–Kier alpha value is -1.02. The summed E-state index contributed by atoms with van der Waals surface area (Å²) in [7, 11) is 0. The number of benzene rings is 1. The van der Waals surface area contributed by atoms with Gasteiger partial charge >= 0.3 is 0 Å². The molecule has 2 rings (SSSR count). The number of nitrogens with one attached hydrogen (secondary N) is 1. The second-order valence-electron chi connectivity index (χ2n) is 7.47. The molecule has 1 aliphatic rings. The first kappa shape index (κ1) is 16.4. The van der Waals surface area contributed by atoms with Crippen molar-refractivity contribution in [1.82, 2.24) is 5.32 Å². The maximum atomic E-state index is 3.64. The third kappa shape index (κ3) is 3.11. The highest BCUT2D eigenvalue weighted by molar-refractivity contribution is 5.47. The molecule has 0 aromatic heterocycles. The van der Waals surface area contributed by atoms with E-state index < -0.39 is 0 Å². The van der Waals surface area contributed by atoms with E-state index in [4.69, 9.17) is 0 Å². The average molecular weight is 288 g/mol. The normalized spacial score (nSPS) is 19.5. The Morgan fingerprint density at radius 2 is 1.48 bits per heavy atom. The lowest BCUT2D eigenvalue weighted by Crippen LogP contribution is -2.22. The molecule has 1 aliphatic carbocycles. The van der Waals surface area contributed by atoms with Gasteiger partial charge in [0.15, 0.2) is 0 Å². The van der Waals surface area contributed by atoms with Crippen LogP contribution in [0.4, 0.5) is 5.69 Å². The summed E-state index contributed by atoms with van der Waals surface area (Å²) < 4.78 is 0. The lowest BCUT2D eigenvalue weighted by atomic mass is 10.0. The quantitative estimate of drug-likeness (QED) is 0.804. The Balaban J connectivity index is 1.82. The molecule has 0 radical (unpaired) electrons. The van der Waals surface area contributed by atoms with Crippen LogP contribution in [0.15, 0.2) is 24.3 Å². The molecule has 2 nitrogen and oxygen atoms in total. The first-order valence-electron chi connectivity index (χ1n) is 8.39. The molecule has 2 heteroatoms. The molecule has 0 unspecified atom stereocenters. The highest BCUT2D eigenvalue weighted by atomic mass is 15.1. The summed E-state index contributed by atoms with van der Waals surface area (Å²) in [4.78, 5) is 2.38. The molecule has 1 aromatic carbocycles. The van der Waals surface area contributed by atoms with Crippen LogP contribution in [0, 0.1) is 16.7 Å². The smallest absolute Gasteiger partial charge is 0.0366 e. The van der Waals surface area contributed by atoms with Gasteiger partial charge in [-0.05, 0) is 54.8 Å². The first-order chi connectivity index (χ1) is 9.84. The van der Waals surface area contributed by atoms with Gasteiger partial charge in [0.05, 0.1) is 0 Å². The van der Waals surface area contributed by atoms with E-state index in [0.29, 0.717) is 10.8 Å². The summed E-state index contributed by atoms with van der Waals surface area (Å²) in [6, 6.07) is 9.00. The monoisotopic (exact) mass is 288 g/mol. The second kappa shape index (κ2) is 6.00. The predicted molar refractivity (Wildman–Crippen MR) is 92.8 cm³/mol. The van der Waals surface area contributed by atoms with Gasteiger partial charge in [-0.25, -0.2) is 0 Å². The predicted octanol–water partition coefficient (Wildman–Crippen LogP) is 4.30. The summed E-state index contributed by atoms with van der Waals surface area (Å²) in [5.41, 5.74) is 3.66. The molecule has 0 bridgehead atoms. The van der Waals surface area contributed by atoms with Crippen molar-refractivity contribution < 1.29 is 0 Å². The Morgan fingerprint density at radius 3 is 1.90 bits per heavy atom. The van der Waals surface area contributed by atoms with Gasteiger partial charge < -0.3 is 10.2 Å². The topological polar surface area (TPSA) is 15.3 Å². The van der Waals surface area contributed by atoms with E-state index in [0.717, 1.165) is 32.1 Å². The van der Waals surface area contributed by atoms with Gasteiger partial charge in [-0.1, -0.05) is 39.8 Å². The van der Waals surface area contributed by atoms with Gasteiger partial charge in [-0.3, -0.25) is 0 Å². The van der Waals surface area contributed by atoms with E-state index in [-0.39, 0.29) is 0 Å². The summed E-state index contributed by atoms with van der Waals surface area (Å²) in [6.07, 6.45) is 0. The number of rotatable bonds is 7. The number of hydrogen-bond acceptors (Lipinski definition) is 2. The fraction of sp³-hybridized carbons (Fsp3) is 0.684. The van der Waals surface area contributed by atoms with E-state index in [1.165, 1.54) is 11.3 Å². The van der Waals surface area contributed by atoms with E-state index in [1.807, 2.05) is 0 Å². The van der Waals surface area contributed by atoms with Gasteiger partial charge in [0.2, 0.25) is 0 Å². The maximum Gasteiger partial charge on any atom is 0.0366 e. The Morgan fingerprint density at radius 1 is 0.952 bits per heavy atom. The van der Waals surface area contributed by atoms with E-state index in [9.17, 15) is 0 Å². The van der Waals surface area contributed by atoms with Crippen molar-refractivity contribution in [3.63, 3.8) is 0 Å². The van der Waals surface area contributed by atoms with Crippen LogP contribution in [0.2, 0.25) is 0 Å². The molecule has 0 atom stereocenters. The van der Waals surface area contributed by atoms with Crippen molar-refractivity contribution in [2.75, 3.05) is 24.5 Å². The molecule has 1 aromatic rings. The minimum Gasteiger partial charge on any atom is -0.372 e. The highest BCUT2D eigenvalue weighted by Crippen LogP contribution is 2.67. The molecule has 0 aliphatic heterocycles. The SMILES string of the molecule is CCN(CC)c1ccc(CNCC2C(C)(C)C2(C)C)cc1. The minimum absolute atomic E-state index is 0.479. The fourth-order valence-corrected chi connectivity index (χ4v) is 3.62. The molecule has 1 N–H and O–H groups in total. The molecule has 0 saturated heterocycles.